The van der Waals surface area contributed by atoms with Gasteiger partial charge >= 0.3 is 0 Å². The number of ether oxygens (including phenoxy) is 1. The molecule has 1 aromatic rings. The Morgan fingerprint density at radius 2 is 1.88 bits per heavy atom. The number of aliphatic hydroxyl groups excluding tert-OH is 1. The maximum absolute atomic E-state index is 9.23. The van der Waals surface area contributed by atoms with Crippen LogP contribution in [0.4, 0.5) is 0 Å². The van der Waals surface area contributed by atoms with Crippen molar-refractivity contribution < 1.29 is 9.84 Å². The molecule has 0 fully saturated rings. The van der Waals surface area contributed by atoms with E-state index in [1.807, 2.05) is 37.3 Å². The van der Waals surface area contributed by atoms with Crippen molar-refractivity contribution in [3.8, 4) is 5.75 Å². The first-order valence-corrected chi connectivity index (χ1v) is 6.04. The van der Waals surface area contributed by atoms with Crippen LogP contribution >= 0.6 is 0 Å². The van der Waals surface area contributed by atoms with E-state index in [0.717, 1.165) is 31.6 Å². The van der Waals surface area contributed by atoms with Crippen molar-refractivity contribution in [1.29, 1.82) is 0 Å². The molecule has 0 aromatic heterocycles. The molecule has 2 atom stereocenters. The lowest BCUT2D eigenvalue weighted by Gasteiger charge is -2.13. The van der Waals surface area contributed by atoms with E-state index in [-0.39, 0.29) is 6.10 Å². The summed E-state index contributed by atoms with van der Waals surface area (Å²) in [5, 5.41) is 9.23. The first-order chi connectivity index (χ1) is 7.68. The Morgan fingerprint density at radius 3 is 2.50 bits per heavy atom. The van der Waals surface area contributed by atoms with Crippen molar-refractivity contribution in [2.45, 2.75) is 39.2 Å². The zero-order valence-corrected chi connectivity index (χ0v) is 10.2. The van der Waals surface area contributed by atoms with Crippen LogP contribution in [0.15, 0.2) is 30.3 Å². The van der Waals surface area contributed by atoms with E-state index in [1.165, 1.54) is 0 Å². The van der Waals surface area contributed by atoms with Crippen LogP contribution in [0.25, 0.3) is 0 Å². The van der Waals surface area contributed by atoms with E-state index < -0.39 is 0 Å². The molecule has 16 heavy (non-hydrogen) atoms. The number of benzene rings is 1. The van der Waals surface area contributed by atoms with Crippen molar-refractivity contribution in [2.75, 3.05) is 6.61 Å². The van der Waals surface area contributed by atoms with Gasteiger partial charge in [-0.15, -0.1) is 0 Å². The van der Waals surface area contributed by atoms with Crippen molar-refractivity contribution >= 4 is 0 Å². The van der Waals surface area contributed by atoms with Gasteiger partial charge in [-0.05, 0) is 44.2 Å². The summed E-state index contributed by atoms with van der Waals surface area (Å²) in [6.07, 6.45) is 2.84. The molecular formula is C14H22O2. The molecule has 0 spiro atoms. The molecular weight excluding hydrogens is 200 g/mol. The molecule has 1 rings (SSSR count). The summed E-state index contributed by atoms with van der Waals surface area (Å²) in [6.45, 7) is 4.78. The van der Waals surface area contributed by atoms with E-state index >= 15 is 0 Å². The average molecular weight is 222 g/mol. The van der Waals surface area contributed by atoms with Crippen LogP contribution in [0.1, 0.15) is 33.1 Å². The van der Waals surface area contributed by atoms with Gasteiger partial charge in [-0.3, -0.25) is 0 Å². The van der Waals surface area contributed by atoms with Crippen molar-refractivity contribution in [1.82, 2.24) is 0 Å². The van der Waals surface area contributed by atoms with E-state index in [9.17, 15) is 5.11 Å². The second kappa shape index (κ2) is 7.29. The fourth-order valence-corrected chi connectivity index (χ4v) is 1.84. The standard InChI is InChI=1S/C14H22O2/c1-12(11-13(2)15)7-6-10-16-14-8-4-3-5-9-14/h3-5,8-9,12-13,15H,6-7,10-11H2,1-2H3. The van der Waals surface area contributed by atoms with E-state index in [4.69, 9.17) is 4.74 Å². The Hall–Kier alpha value is -1.02. The molecule has 0 saturated carbocycles. The molecule has 0 amide bonds. The molecule has 0 aliphatic rings. The van der Waals surface area contributed by atoms with Crippen LogP contribution in [0, 0.1) is 5.92 Å². The van der Waals surface area contributed by atoms with Crippen LogP contribution in [-0.4, -0.2) is 17.8 Å². The van der Waals surface area contributed by atoms with Gasteiger partial charge in [0.05, 0.1) is 12.7 Å². The maximum Gasteiger partial charge on any atom is 0.119 e. The topological polar surface area (TPSA) is 29.5 Å². The second-order valence-corrected chi connectivity index (χ2v) is 4.49. The van der Waals surface area contributed by atoms with Gasteiger partial charge in [0.2, 0.25) is 0 Å². The minimum atomic E-state index is -0.190. The highest BCUT2D eigenvalue weighted by Gasteiger charge is 2.05. The normalized spacial score (nSPS) is 14.4. The molecule has 90 valence electrons. The van der Waals surface area contributed by atoms with Crippen LogP contribution in [0.5, 0.6) is 5.75 Å². The number of aliphatic hydroxyl groups is 1. The van der Waals surface area contributed by atoms with Crippen LogP contribution in [0.2, 0.25) is 0 Å². The first kappa shape index (κ1) is 13.0. The van der Waals surface area contributed by atoms with Crippen LogP contribution < -0.4 is 4.74 Å². The highest BCUT2D eigenvalue weighted by molar-refractivity contribution is 5.20. The molecule has 0 saturated heterocycles. The third kappa shape index (κ3) is 5.76. The lowest BCUT2D eigenvalue weighted by molar-refractivity contribution is 0.159. The number of hydrogen-bond acceptors (Lipinski definition) is 2. The lowest BCUT2D eigenvalue weighted by atomic mass is 9.99. The first-order valence-electron chi connectivity index (χ1n) is 6.04. The molecule has 2 nitrogen and oxygen atoms in total. The van der Waals surface area contributed by atoms with Gasteiger partial charge < -0.3 is 9.84 Å². The van der Waals surface area contributed by atoms with E-state index in [1.54, 1.807) is 0 Å². The Morgan fingerprint density at radius 1 is 1.19 bits per heavy atom. The number of para-hydroxylation sites is 1. The molecule has 0 aliphatic heterocycles. The minimum absolute atomic E-state index is 0.190. The summed E-state index contributed by atoms with van der Waals surface area (Å²) in [4.78, 5) is 0. The van der Waals surface area contributed by atoms with Crippen molar-refractivity contribution in [3.05, 3.63) is 30.3 Å². The van der Waals surface area contributed by atoms with Gasteiger partial charge in [-0.2, -0.15) is 0 Å². The van der Waals surface area contributed by atoms with Gasteiger partial charge in [0.15, 0.2) is 0 Å². The van der Waals surface area contributed by atoms with Gasteiger partial charge in [0.1, 0.15) is 5.75 Å². The Bertz CT molecular complexity index is 269. The van der Waals surface area contributed by atoms with Gasteiger partial charge in [-0.25, -0.2) is 0 Å². The van der Waals surface area contributed by atoms with Crippen LogP contribution in [-0.2, 0) is 0 Å². The summed E-state index contributed by atoms with van der Waals surface area (Å²) in [5.74, 6) is 1.50. The second-order valence-electron chi connectivity index (χ2n) is 4.49. The molecule has 0 radical (unpaired) electrons. The summed E-state index contributed by atoms with van der Waals surface area (Å²) < 4.78 is 5.60. The zero-order valence-electron chi connectivity index (χ0n) is 10.2. The maximum atomic E-state index is 9.23. The molecule has 1 N–H and O–H groups in total. The quantitative estimate of drug-likeness (QED) is 0.718. The van der Waals surface area contributed by atoms with Gasteiger partial charge in [0, 0.05) is 0 Å². The Kier molecular flexibility index (Phi) is 5.94. The van der Waals surface area contributed by atoms with Gasteiger partial charge in [0.25, 0.3) is 0 Å². The number of rotatable bonds is 7. The Balaban J connectivity index is 2.08. The summed E-state index contributed by atoms with van der Waals surface area (Å²) in [5.41, 5.74) is 0. The average Bonchev–Trinajstić information content (AvgIpc) is 2.25. The highest BCUT2D eigenvalue weighted by Crippen LogP contribution is 2.14. The van der Waals surface area contributed by atoms with Crippen molar-refractivity contribution in [2.24, 2.45) is 5.92 Å². The van der Waals surface area contributed by atoms with Gasteiger partial charge in [-0.1, -0.05) is 25.1 Å². The minimum Gasteiger partial charge on any atom is -0.494 e. The summed E-state index contributed by atoms with van der Waals surface area (Å²) in [7, 11) is 0. The fraction of sp³-hybridized carbons (Fsp3) is 0.571. The highest BCUT2D eigenvalue weighted by atomic mass is 16.5. The predicted octanol–water partition coefficient (Wildman–Crippen LogP) is 3.25. The molecule has 2 unspecified atom stereocenters. The fourth-order valence-electron chi connectivity index (χ4n) is 1.84. The smallest absolute Gasteiger partial charge is 0.119 e. The largest absolute Gasteiger partial charge is 0.494 e. The zero-order chi connectivity index (χ0) is 11.8. The molecule has 1 aromatic carbocycles. The SMILES string of the molecule is CC(O)CC(C)CCCOc1ccccc1. The summed E-state index contributed by atoms with van der Waals surface area (Å²) >= 11 is 0. The monoisotopic (exact) mass is 222 g/mol. The third-order valence-electron chi connectivity index (χ3n) is 2.60. The van der Waals surface area contributed by atoms with E-state index in [2.05, 4.69) is 6.92 Å². The van der Waals surface area contributed by atoms with Crippen molar-refractivity contribution in [3.63, 3.8) is 0 Å². The Labute approximate surface area is 98.3 Å². The van der Waals surface area contributed by atoms with E-state index in [0.29, 0.717) is 5.92 Å². The number of hydrogen-bond donors (Lipinski definition) is 1. The summed E-state index contributed by atoms with van der Waals surface area (Å²) in [6, 6.07) is 9.88. The lowest BCUT2D eigenvalue weighted by Crippen LogP contribution is -2.08. The molecule has 0 aliphatic carbocycles. The third-order valence-corrected chi connectivity index (χ3v) is 2.60. The molecule has 2 heteroatoms. The molecule has 0 heterocycles. The predicted molar refractivity (Wildman–Crippen MR) is 66.6 cm³/mol. The van der Waals surface area contributed by atoms with Crippen LogP contribution in [0.3, 0.4) is 0 Å². The molecule has 0 bridgehead atoms.